The first-order chi connectivity index (χ1) is 6.72. The number of halogens is 1. The van der Waals surface area contributed by atoms with E-state index in [0.717, 1.165) is 9.49 Å². The Morgan fingerprint density at radius 3 is 2.64 bits per heavy atom. The first kappa shape index (κ1) is 11.8. The van der Waals surface area contributed by atoms with Gasteiger partial charge in [0.1, 0.15) is 0 Å². The Labute approximate surface area is 98.7 Å². The van der Waals surface area contributed by atoms with Crippen LogP contribution in [0.4, 0.5) is 0 Å². The summed E-state index contributed by atoms with van der Waals surface area (Å²) >= 11 is 5.50. The van der Waals surface area contributed by atoms with Crippen LogP contribution in [0.1, 0.15) is 6.42 Å². The Kier molecular flexibility index (Phi) is 5.32. The Hall–Kier alpha value is -0.230. The molecule has 0 aliphatic heterocycles. The van der Waals surface area contributed by atoms with E-state index in [0.29, 0.717) is 6.42 Å². The fraction of sp³-hybridized carbons (Fsp3) is 0.300. The predicted octanol–water partition coefficient (Wildman–Crippen LogP) is 1.65. The van der Waals surface area contributed by atoms with Crippen LogP contribution in [-0.2, 0) is 9.53 Å². The van der Waals surface area contributed by atoms with Gasteiger partial charge in [-0.3, -0.25) is 0 Å². The van der Waals surface area contributed by atoms with E-state index in [1.807, 2.05) is 24.3 Å². The number of ether oxygens (including phenoxy) is 1. The average molecular weight is 326 g/mol. The van der Waals surface area contributed by atoms with Crippen LogP contribution in [0.5, 0.6) is 0 Å². The summed E-state index contributed by atoms with van der Waals surface area (Å²) in [5.74, 6) is -0.121. The van der Waals surface area contributed by atoms with Crippen LogP contribution in [-0.4, -0.2) is 34.0 Å². The summed E-state index contributed by atoms with van der Waals surface area (Å²) in [5.41, 5.74) is 0. The van der Waals surface area contributed by atoms with Crippen molar-refractivity contribution in [3.63, 3.8) is 0 Å². The van der Waals surface area contributed by atoms with Crippen LogP contribution >= 0.6 is 11.6 Å². The van der Waals surface area contributed by atoms with Gasteiger partial charge in [0.15, 0.2) is 0 Å². The number of methoxy groups -OCH3 is 1. The average Bonchev–Trinajstić information content (AvgIpc) is 2.21. The first-order valence-corrected chi connectivity index (χ1v) is 7.36. The second-order valence-corrected chi connectivity index (χ2v) is 6.40. The molecule has 0 aliphatic carbocycles. The van der Waals surface area contributed by atoms with E-state index < -0.39 is 0 Å². The van der Waals surface area contributed by atoms with Gasteiger partial charge in [-0.2, -0.15) is 0 Å². The van der Waals surface area contributed by atoms with Crippen molar-refractivity contribution in [3.8, 4) is 0 Å². The summed E-state index contributed by atoms with van der Waals surface area (Å²) in [6.07, 6.45) is 0.529. The van der Waals surface area contributed by atoms with E-state index >= 15 is 0 Å². The van der Waals surface area contributed by atoms with Crippen LogP contribution in [0.3, 0.4) is 0 Å². The van der Waals surface area contributed by atoms with Gasteiger partial charge < -0.3 is 0 Å². The molecule has 0 saturated carbocycles. The van der Waals surface area contributed by atoms with Gasteiger partial charge >= 0.3 is 98.9 Å². The number of carbonyl (C=O) groups is 1. The van der Waals surface area contributed by atoms with E-state index in [-0.39, 0.29) is 26.9 Å². The molecule has 1 aromatic carbocycles. The number of esters is 1. The quantitative estimate of drug-likeness (QED) is 0.621. The molecule has 1 aromatic rings. The van der Waals surface area contributed by atoms with Gasteiger partial charge in [-0.1, -0.05) is 0 Å². The second-order valence-electron chi connectivity index (χ2n) is 2.63. The van der Waals surface area contributed by atoms with Crippen LogP contribution < -0.4 is 3.61 Å². The zero-order valence-electron chi connectivity index (χ0n) is 7.83. The molecule has 1 rings (SSSR count). The van der Waals surface area contributed by atoms with Gasteiger partial charge in [0.05, 0.1) is 0 Å². The van der Waals surface area contributed by atoms with Crippen molar-refractivity contribution in [1.29, 1.82) is 0 Å². The molecule has 0 atom stereocenters. The number of rotatable bonds is 4. The Bertz CT molecular complexity index is 297. The topological polar surface area (TPSA) is 26.3 Å². The van der Waals surface area contributed by atoms with Crippen LogP contribution in [0.2, 0.25) is 9.49 Å². The van der Waals surface area contributed by atoms with Crippen molar-refractivity contribution in [3.05, 3.63) is 29.3 Å². The second kappa shape index (κ2) is 6.29. The number of hydrogen-bond donors (Lipinski definition) is 0. The molecule has 0 aliphatic rings. The third-order valence-electron chi connectivity index (χ3n) is 1.62. The molecule has 0 spiro atoms. The summed E-state index contributed by atoms with van der Waals surface area (Å²) in [6, 6.07) is 7.84. The molecule has 0 fully saturated rings. The molecule has 0 amide bonds. The van der Waals surface area contributed by atoms with E-state index in [1.54, 1.807) is 0 Å². The third kappa shape index (κ3) is 4.32. The molecular formula is C10H11ClO2Te. The zero-order chi connectivity index (χ0) is 10.4. The van der Waals surface area contributed by atoms with E-state index in [9.17, 15) is 4.79 Å². The van der Waals surface area contributed by atoms with Crippen molar-refractivity contribution in [1.82, 2.24) is 0 Å². The Balaban J connectivity index is 2.31. The summed E-state index contributed by atoms with van der Waals surface area (Å²) in [7, 11) is 1.42. The fourth-order valence-corrected chi connectivity index (χ4v) is 3.39. The number of benzene rings is 1. The van der Waals surface area contributed by atoms with Crippen LogP contribution in [0.15, 0.2) is 24.3 Å². The van der Waals surface area contributed by atoms with Crippen molar-refractivity contribution < 1.29 is 9.53 Å². The van der Waals surface area contributed by atoms with Crippen molar-refractivity contribution >= 4 is 42.1 Å². The zero-order valence-corrected chi connectivity index (χ0v) is 10.9. The van der Waals surface area contributed by atoms with Crippen LogP contribution in [0.25, 0.3) is 0 Å². The predicted molar refractivity (Wildman–Crippen MR) is 58.3 cm³/mol. The molecule has 2 nitrogen and oxygen atoms in total. The third-order valence-corrected chi connectivity index (χ3v) is 4.76. The van der Waals surface area contributed by atoms with Gasteiger partial charge in [0.2, 0.25) is 0 Å². The fourth-order valence-electron chi connectivity index (χ4n) is 0.885. The van der Waals surface area contributed by atoms with Crippen LogP contribution in [0, 0.1) is 0 Å². The number of hydrogen-bond acceptors (Lipinski definition) is 2. The van der Waals surface area contributed by atoms with E-state index in [4.69, 9.17) is 11.6 Å². The van der Waals surface area contributed by atoms with E-state index in [1.165, 1.54) is 10.7 Å². The molecule has 0 unspecified atom stereocenters. The molecule has 76 valence electrons. The molecule has 0 saturated heterocycles. The first-order valence-electron chi connectivity index (χ1n) is 4.17. The Morgan fingerprint density at radius 1 is 1.43 bits per heavy atom. The monoisotopic (exact) mass is 328 g/mol. The standard InChI is InChI=1S/C10H11ClO2Te/c1-13-10(12)6-7-14-9-4-2-8(11)3-5-9/h2-5H,6-7H2,1H3. The normalized spacial score (nSPS) is 9.86. The summed E-state index contributed by atoms with van der Waals surface area (Å²) in [6.45, 7) is 0. The maximum atomic E-state index is 10.8. The van der Waals surface area contributed by atoms with E-state index in [2.05, 4.69) is 4.74 Å². The maximum absolute atomic E-state index is 10.8. The summed E-state index contributed by atoms with van der Waals surface area (Å²) < 4.78 is 6.83. The van der Waals surface area contributed by atoms with Crippen molar-refractivity contribution in [2.45, 2.75) is 10.9 Å². The summed E-state index contributed by atoms with van der Waals surface area (Å²) in [4.78, 5) is 10.8. The molecular weight excluding hydrogens is 315 g/mol. The molecule has 14 heavy (non-hydrogen) atoms. The summed E-state index contributed by atoms with van der Waals surface area (Å²) in [5, 5.41) is 0.759. The van der Waals surface area contributed by atoms with Gasteiger partial charge in [0.25, 0.3) is 0 Å². The van der Waals surface area contributed by atoms with Gasteiger partial charge in [-0.15, -0.1) is 0 Å². The minimum atomic E-state index is -0.261. The molecule has 0 aromatic heterocycles. The van der Waals surface area contributed by atoms with Crippen molar-refractivity contribution in [2.75, 3.05) is 7.11 Å². The van der Waals surface area contributed by atoms with Gasteiger partial charge in [0, 0.05) is 0 Å². The molecule has 0 bridgehead atoms. The molecule has 0 heterocycles. The number of carbonyl (C=O) groups excluding carboxylic acids is 1. The SMILES string of the molecule is COC(=O)CC[Te]c1ccc(Cl)cc1. The van der Waals surface area contributed by atoms with Gasteiger partial charge in [-0.05, 0) is 0 Å². The van der Waals surface area contributed by atoms with Gasteiger partial charge in [-0.25, -0.2) is 0 Å². The molecule has 4 heteroatoms. The van der Waals surface area contributed by atoms with Crippen molar-refractivity contribution in [2.24, 2.45) is 0 Å². The minimum absolute atomic E-state index is 0.121. The molecule has 0 N–H and O–H groups in total. The molecule has 0 radical (unpaired) electrons. The Morgan fingerprint density at radius 2 is 2.07 bits per heavy atom.